The Morgan fingerprint density at radius 1 is 1.30 bits per heavy atom. The van der Waals surface area contributed by atoms with Crippen LogP contribution < -0.4 is 11.1 Å². The summed E-state index contributed by atoms with van der Waals surface area (Å²) in [6, 6.07) is 7.39. The number of hydrogen-bond acceptors (Lipinski definition) is 4. The molecule has 1 amide bonds. The molecule has 2 rings (SSSR count). The Balaban J connectivity index is 1.83. The average molecular weight is 275 g/mol. The van der Waals surface area contributed by atoms with Crippen LogP contribution in [-0.4, -0.2) is 32.7 Å². The van der Waals surface area contributed by atoms with Crippen LogP contribution in [0.25, 0.3) is 5.69 Å². The molecule has 0 aliphatic carbocycles. The van der Waals surface area contributed by atoms with E-state index in [1.165, 1.54) is 0 Å². The number of nitrogen functional groups attached to an aromatic ring is 1. The number of carboxylic acid groups (broad SMARTS) is 1. The molecule has 0 bridgehead atoms. The molecule has 1 aromatic carbocycles. The molecule has 20 heavy (non-hydrogen) atoms. The molecule has 2 aromatic rings. The van der Waals surface area contributed by atoms with E-state index >= 15 is 0 Å². The SMILES string of the molecule is Nc1ccc(-n2cc(CCCCNC(=O)O)nn2)cc1. The van der Waals surface area contributed by atoms with Crippen molar-refractivity contribution in [3.63, 3.8) is 0 Å². The number of anilines is 1. The Morgan fingerprint density at radius 3 is 2.75 bits per heavy atom. The minimum absolute atomic E-state index is 0.460. The molecule has 4 N–H and O–H groups in total. The fourth-order valence-electron chi connectivity index (χ4n) is 1.79. The second-order valence-corrected chi connectivity index (χ2v) is 4.44. The lowest BCUT2D eigenvalue weighted by Gasteiger charge is -2.00. The van der Waals surface area contributed by atoms with Crippen LogP contribution in [0.1, 0.15) is 18.5 Å². The van der Waals surface area contributed by atoms with E-state index in [-0.39, 0.29) is 0 Å². The number of aromatic nitrogens is 3. The van der Waals surface area contributed by atoms with Crippen molar-refractivity contribution in [2.75, 3.05) is 12.3 Å². The number of unbranched alkanes of at least 4 members (excludes halogenated alkanes) is 1. The molecule has 106 valence electrons. The molecule has 0 atom stereocenters. The maximum atomic E-state index is 10.3. The molecule has 0 spiro atoms. The van der Waals surface area contributed by atoms with Gasteiger partial charge in [-0.15, -0.1) is 5.10 Å². The zero-order valence-corrected chi connectivity index (χ0v) is 11.0. The number of aryl methyl sites for hydroxylation is 1. The molecule has 0 aliphatic heterocycles. The number of nitrogens with zero attached hydrogens (tertiary/aromatic N) is 3. The number of rotatable bonds is 6. The lowest BCUT2D eigenvalue weighted by Crippen LogP contribution is -2.21. The highest BCUT2D eigenvalue weighted by molar-refractivity contribution is 5.64. The van der Waals surface area contributed by atoms with E-state index in [1.54, 1.807) is 4.68 Å². The summed E-state index contributed by atoms with van der Waals surface area (Å²) in [7, 11) is 0. The zero-order valence-electron chi connectivity index (χ0n) is 11.0. The zero-order chi connectivity index (χ0) is 14.4. The molecule has 0 radical (unpaired) electrons. The quantitative estimate of drug-likeness (QED) is 0.546. The summed E-state index contributed by atoms with van der Waals surface area (Å²) in [6.45, 7) is 0.460. The number of nitrogens with two attached hydrogens (primary N) is 1. The third-order valence-electron chi connectivity index (χ3n) is 2.83. The molecule has 7 nitrogen and oxygen atoms in total. The topological polar surface area (TPSA) is 106 Å². The third kappa shape index (κ3) is 3.98. The summed E-state index contributed by atoms with van der Waals surface area (Å²) < 4.78 is 1.70. The minimum atomic E-state index is -0.987. The van der Waals surface area contributed by atoms with Crippen molar-refractivity contribution in [3.8, 4) is 5.69 Å². The maximum Gasteiger partial charge on any atom is 0.404 e. The Bertz CT molecular complexity index is 564. The van der Waals surface area contributed by atoms with Crippen LogP contribution in [0.15, 0.2) is 30.5 Å². The predicted octanol–water partition coefficient (Wildman–Crippen LogP) is 1.44. The molecule has 0 fully saturated rings. The largest absolute Gasteiger partial charge is 0.465 e. The third-order valence-corrected chi connectivity index (χ3v) is 2.83. The van der Waals surface area contributed by atoms with E-state index in [1.807, 2.05) is 30.5 Å². The molecule has 1 heterocycles. The fourth-order valence-corrected chi connectivity index (χ4v) is 1.79. The van der Waals surface area contributed by atoms with E-state index in [9.17, 15) is 4.79 Å². The van der Waals surface area contributed by atoms with Gasteiger partial charge in [0.25, 0.3) is 0 Å². The molecule has 0 unspecified atom stereocenters. The van der Waals surface area contributed by atoms with Crippen LogP contribution in [-0.2, 0) is 6.42 Å². The van der Waals surface area contributed by atoms with E-state index in [0.29, 0.717) is 12.2 Å². The van der Waals surface area contributed by atoms with Crippen molar-refractivity contribution in [1.29, 1.82) is 0 Å². The van der Waals surface area contributed by atoms with Crippen LogP contribution in [0.5, 0.6) is 0 Å². The van der Waals surface area contributed by atoms with Crippen molar-refractivity contribution in [3.05, 3.63) is 36.2 Å². The summed E-state index contributed by atoms with van der Waals surface area (Å²) in [5.41, 5.74) is 8.13. The number of hydrogen-bond donors (Lipinski definition) is 3. The summed E-state index contributed by atoms with van der Waals surface area (Å²) in [6.07, 6.45) is 3.30. The second kappa shape index (κ2) is 6.55. The van der Waals surface area contributed by atoms with Gasteiger partial charge in [0.15, 0.2) is 0 Å². The molecule has 0 aliphatic rings. The first kappa shape index (κ1) is 13.9. The first-order valence-electron chi connectivity index (χ1n) is 6.39. The standard InChI is InChI=1S/C13H17N5O2/c14-10-4-6-12(7-5-10)18-9-11(16-17-18)3-1-2-8-15-13(19)20/h4-7,9,15H,1-3,8,14H2,(H,19,20). The van der Waals surface area contributed by atoms with Gasteiger partial charge in [0.05, 0.1) is 17.6 Å². The average Bonchev–Trinajstić information content (AvgIpc) is 2.87. The molecular weight excluding hydrogens is 258 g/mol. The number of amides is 1. The van der Waals surface area contributed by atoms with Crippen LogP contribution in [0, 0.1) is 0 Å². The first-order valence-corrected chi connectivity index (χ1v) is 6.39. The first-order chi connectivity index (χ1) is 9.65. The Morgan fingerprint density at radius 2 is 2.05 bits per heavy atom. The van der Waals surface area contributed by atoms with Gasteiger partial charge in [-0.1, -0.05) is 5.21 Å². The van der Waals surface area contributed by atoms with E-state index < -0.39 is 6.09 Å². The maximum absolute atomic E-state index is 10.3. The summed E-state index contributed by atoms with van der Waals surface area (Å²) in [5.74, 6) is 0. The highest BCUT2D eigenvalue weighted by Crippen LogP contribution is 2.10. The summed E-state index contributed by atoms with van der Waals surface area (Å²) >= 11 is 0. The normalized spacial score (nSPS) is 10.4. The molecule has 7 heteroatoms. The predicted molar refractivity (Wildman–Crippen MR) is 74.7 cm³/mol. The van der Waals surface area contributed by atoms with Crippen LogP contribution in [0.4, 0.5) is 10.5 Å². The van der Waals surface area contributed by atoms with E-state index in [4.69, 9.17) is 10.8 Å². The van der Waals surface area contributed by atoms with Crippen molar-refractivity contribution >= 4 is 11.8 Å². The second-order valence-electron chi connectivity index (χ2n) is 4.44. The van der Waals surface area contributed by atoms with Gasteiger partial charge in [0, 0.05) is 12.2 Å². The van der Waals surface area contributed by atoms with Gasteiger partial charge in [-0.05, 0) is 43.5 Å². The van der Waals surface area contributed by atoms with Crippen molar-refractivity contribution in [2.24, 2.45) is 0 Å². The van der Waals surface area contributed by atoms with Gasteiger partial charge in [-0.25, -0.2) is 9.48 Å². The lowest BCUT2D eigenvalue weighted by molar-refractivity contribution is 0.194. The van der Waals surface area contributed by atoms with Gasteiger partial charge in [-0.2, -0.15) is 0 Å². The number of benzene rings is 1. The van der Waals surface area contributed by atoms with Gasteiger partial charge in [0.1, 0.15) is 0 Å². The Kier molecular flexibility index (Phi) is 4.54. The van der Waals surface area contributed by atoms with Gasteiger partial charge in [-0.3, -0.25) is 0 Å². The molecular formula is C13H17N5O2. The summed E-state index contributed by atoms with van der Waals surface area (Å²) in [5, 5.41) is 18.9. The molecule has 0 saturated carbocycles. The monoisotopic (exact) mass is 275 g/mol. The van der Waals surface area contributed by atoms with Crippen molar-refractivity contribution < 1.29 is 9.90 Å². The highest BCUT2D eigenvalue weighted by Gasteiger charge is 2.03. The van der Waals surface area contributed by atoms with Crippen LogP contribution in [0.2, 0.25) is 0 Å². The Labute approximate surface area is 116 Å². The van der Waals surface area contributed by atoms with Crippen molar-refractivity contribution in [1.82, 2.24) is 20.3 Å². The lowest BCUT2D eigenvalue weighted by atomic mass is 10.2. The van der Waals surface area contributed by atoms with Gasteiger partial charge >= 0.3 is 6.09 Å². The smallest absolute Gasteiger partial charge is 0.404 e. The molecule has 1 aromatic heterocycles. The molecule has 0 saturated heterocycles. The highest BCUT2D eigenvalue weighted by atomic mass is 16.4. The van der Waals surface area contributed by atoms with E-state index in [2.05, 4.69) is 15.6 Å². The minimum Gasteiger partial charge on any atom is -0.465 e. The van der Waals surface area contributed by atoms with Crippen LogP contribution in [0.3, 0.4) is 0 Å². The number of carbonyl (C=O) groups is 1. The van der Waals surface area contributed by atoms with Crippen molar-refractivity contribution in [2.45, 2.75) is 19.3 Å². The Hall–Kier alpha value is -2.57. The summed E-state index contributed by atoms with van der Waals surface area (Å²) in [4.78, 5) is 10.3. The van der Waals surface area contributed by atoms with Crippen LogP contribution >= 0.6 is 0 Å². The van der Waals surface area contributed by atoms with E-state index in [0.717, 1.165) is 30.6 Å². The van der Waals surface area contributed by atoms with Gasteiger partial charge in [0.2, 0.25) is 0 Å². The fraction of sp³-hybridized carbons (Fsp3) is 0.308. The number of nitrogens with one attached hydrogen (secondary N) is 1. The van der Waals surface area contributed by atoms with Gasteiger partial charge < -0.3 is 16.2 Å².